The quantitative estimate of drug-likeness (QED) is 0.742. The van der Waals surface area contributed by atoms with Crippen molar-refractivity contribution >= 4 is 23.3 Å². The van der Waals surface area contributed by atoms with Crippen LogP contribution in [0.5, 0.6) is 0 Å². The summed E-state index contributed by atoms with van der Waals surface area (Å²) >= 11 is 5.86. The van der Waals surface area contributed by atoms with Crippen LogP contribution in [0.3, 0.4) is 0 Å². The van der Waals surface area contributed by atoms with Gasteiger partial charge in [-0.25, -0.2) is 9.97 Å². The highest BCUT2D eigenvalue weighted by molar-refractivity contribution is 6.29. The normalized spacial score (nSPS) is 10.6. The van der Waals surface area contributed by atoms with E-state index >= 15 is 0 Å². The van der Waals surface area contributed by atoms with Crippen molar-refractivity contribution in [1.29, 1.82) is 0 Å². The lowest BCUT2D eigenvalue weighted by Crippen LogP contribution is -2.32. The lowest BCUT2D eigenvalue weighted by Gasteiger charge is -2.09. The van der Waals surface area contributed by atoms with Crippen LogP contribution in [0, 0.1) is 5.92 Å². The van der Waals surface area contributed by atoms with Gasteiger partial charge < -0.3 is 15.4 Å². The van der Waals surface area contributed by atoms with E-state index in [1.54, 1.807) is 13.2 Å². The van der Waals surface area contributed by atoms with Crippen molar-refractivity contribution in [3.8, 4) is 0 Å². The highest BCUT2D eigenvalue weighted by Gasteiger charge is 2.06. The summed E-state index contributed by atoms with van der Waals surface area (Å²) in [7, 11) is 1.55. The van der Waals surface area contributed by atoms with Gasteiger partial charge in [0.05, 0.1) is 6.54 Å². The number of amides is 1. The molecule has 0 radical (unpaired) electrons. The van der Waals surface area contributed by atoms with Crippen LogP contribution in [0.15, 0.2) is 6.07 Å². The van der Waals surface area contributed by atoms with Gasteiger partial charge in [-0.15, -0.1) is 0 Å². The third kappa shape index (κ3) is 6.35. The van der Waals surface area contributed by atoms with Gasteiger partial charge in [0, 0.05) is 19.7 Å². The van der Waals surface area contributed by atoms with Gasteiger partial charge in [0.25, 0.3) is 0 Å². The minimum absolute atomic E-state index is 0.0864. The number of nitrogens with zero attached hydrogens (tertiary/aromatic N) is 2. The lowest BCUT2D eigenvalue weighted by atomic mass is 10.2. The van der Waals surface area contributed by atoms with E-state index < -0.39 is 0 Å². The molecule has 0 saturated carbocycles. The van der Waals surface area contributed by atoms with Crippen LogP contribution in [0.2, 0.25) is 5.15 Å². The minimum Gasteiger partial charge on any atom is -0.377 e. The topological polar surface area (TPSA) is 76.1 Å². The fourth-order valence-electron chi connectivity index (χ4n) is 1.30. The second-order valence-corrected chi connectivity index (χ2v) is 4.86. The second kappa shape index (κ2) is 7.91. The molecule has 0 unspecified atom stereocenters. The van der Waals surface area contributed by atoms with E-state index in [1.807, 2.05) is 13.8 Å². The summed E-state index contributed by atoms with van der Waals surface area (Å²) < 4.78 is 4.94. The number of rotatable bonds is 7. The summed E-state index contributed by atoms with van der Waals surface area (Å²) in [5.41, 5.74) is 0. The van der Waals surface area contributed by atoms with Gasteiger partial charge in [-0.2, -0.15) is 0 Å². The third-order valence-corrected chi connectivity index (χ3v) is 2.35. The first-order chi connectivity index (χ1) is 9.01. The van der Waals surface area contributed by atoms with Crippen molar-refractivity contribution in [3.63, 3.8) is 0 Å². The molecular formula is C12H19ClN4O2. The number of hydrogen-bond acceptors (Lipinski definition) is 5. The lowest BCUT2D eigenvalue weighted by molar-refractivity contribution is -0.119. The summed E-state index contributed by atoms with van der Waals surface area (Å²) in [4.78, 5) is 19.7. The molecule has 0 aliphatic rings. The Morgan fingerprint density at radius 3 is 2.84 bits per heavy atom. The summed E-state index contributed by atoms with van der Waals surface area (Å²) in [5.74, 6) is 1.31. The Morgan fingerprint density at radius 1 is 1.47 bits per heavy atom. The standard InChI is InChI=1S/C12H19ClN4O2/c1-8(2)5-15-12(18)6-14-10-4-9(13)16-11(17-10)7-19-3/h4,8H,5-7H2,1-3H3,(H,15,18)(H,14,16,17). The smallest absolute Gasteiger partial charge is 0.239 e. The molecule has 0 bridgehead atoms. The Balaban J connectivity index is 2.50. The van der Waals surface area contributed by atoms with E-state index in [4.69, 9.17) is 16.3 Å². The first-order valence-corrected chi connectivity index (χ1v) is 6.42. The molecule has 1 rings (SSSR count). The maximum Gasteiger partial charge on any atom is 0.239 e. The predicted octanol–water partition coefficient (Wildman–Crippen LogP) is 1.46. The van der Waals surface area contributed by atoms with E-state index in [0.29, 0.717) is 29.3 Å². The number of carbonyl (C=O) groups is 1. The molecule has 0 atom stereocenters. The third-order valence-electron chi connectivity index (χ3n) is 2.15. The Hall–Kier alpha value is -1.40. The molecule has 7 heteroatoms. The zero-order valence-electron chi connectivity index (χ0n) is 11.4. The Bertz CT molecular complexity index is 426. The molecule has 0 spiro atoms. The monoisotopic (exact) mass is 286 g/mol. The molecule has 2 N–H and O–H groups in total. The van der Waals surface area contributed by atoms with Crippen LogP contribution >= 0.6 is 11.6 Å². The molecule has 1 aromatic rings. The Morgan fingerprint density at radius 2 is 2.21 bits per heavy atom. The molecule has 106 valence electrons. The minimum atomic E-state index is -0.0864. The van der Waals surface area contributed by atoms with Crippen molar-refractivity contribution in [2.24, 2.45) is 5.92 Å². The number of halogens is 1. The molecule has 1 amide bonds. The molecular weight excluding hydrogens is 268 g/mol. The zero-order chi connectivity index (χ0) is 14.3. The zero-order valence-corrected chi connectivity index (χ0v) is 12.1. The molecule has 1 aromatic heterocycles. The van der Waals surface area contributed by atoms with E-state index in [2.05, 4.69) is 20.6 Å². The number of ether oxygens (including phenoxy) is 1. The van der Waals surface area contributed by atoms with Crippen molar-refractivity contribution in [2.45, 2.75) is 20.5 Å². The summed E-state index contributed by atoms with van der Waals surface area (Å²) in [6.07, 6.45) is 0. The molecule has 0 fully saturated rings. The number of methoxy groups -OCH3 is 1. The van der Waals surface area contributed by atoms with E-state index in [-0.39, 0.29) is 19.1 Å². The van der Waals surface area contributed by atoms with Gasteiger partial charge in [-0.05, 0) is 5.92 Å². The van der Waals surface area contributed by atoms with Gasteiger partial charge in [-0.3, -0.25) is 4.79 Å². The van der Waals surface area contributed by atoms with Crippen LogP contribution in [-0.4, -0.2) is 36.1 Å². The van der Waals surface area contributed by atoms with Crippen molar-refractivity contribution < 1.29 is 9.53 Å². The van der Waals surface area contributed by atoms with Crippen LogP contribution in [0.1, 0.15) is 19.7 Å². The first-order valence-electron chi connectivity index (χ1n) is 6.04. The van der Waals surface area contributed by atoms with E-state index in [9.17, 15) is 4.79 Å². The van der Waals surface area contributed by atoms with Gasteiger partial charge in [0.15, 0.2) is 5.82 Å². The summed E-state index contributed by atoms with van der Waals surface area (Å²) in [6, 6.07) is 1.57. The molecule has 0 aliphatic carbocycles. The number of carbonyl (C=O) groups excluding carboxylic acids is 1. The first kappa shape index (κ1) is 15.7. The average molecular weight is 287 g/mol. The summed E-state index contributed by atoms with van der Waals surface area (Å²) in [5, 5.41) is 6.02. The number of aromatic nitrogens is 2. The number of nitrogens with one attached hydrogen (secondary N) is 2. The highest BCUT2D eigenvalue weighted by atomic mass is 35.5. The van der Waals surface area contributed by atoms with Crippen LogP contribution in [-0.2, 0) is 16.1 Å². The number of anilines is 1. The fraction of sp³-hybridized carbons (Fsp3) is 0.583. The molecule has 0 aromatic carbocycles. The second-order valence-electron chi connectivity index (χ2n) is 4.48. The number of hydrogen-bond donors (Lipinski definition) is 2. The van der Waals surface area contributed by atoms with Gasteiger partial charge >= 0.3 is 0 Å². The van der Waals surface area contributed by atoms with Crippen molar-refractivity contribution in [1.82, 2.24) is 15.3 Å². The average Bonchev–Trinajstić information content (AvgIpc) is 2.33. The molecule has 6 nitrogen and oxygen atoms in total. The SMILES string of the molecule is COCc1nc(Cl)cc(NCC(=O)NCC(C)C)n1. The molecule has 19 heavy (non-hydrogen) atoms. The maximum atomic E-state index is 11.5. The van der Waals surface area contributed by atoms with Crippen LogP contribution < -0.4 is 10.6 Å². The van der Waals surface area contributed by atoms with Crippen LogP contribution in [0.4, 0.5) is 5.82 Å². The summed E-state index contributed by atoms with van der Waals surface area (Å²) in [6.45, 7) is 5.14. The fourth-order valence-corrected chi connectivity index (χ4v) is 1.50. The predicted molar refractivity (Wildman–Crippen MR) is 74.1 cm³/mol. The molecule has 0 aliphatic heterocycles. The Labute approximate surface area is 117 Å². The van der Waals surface area contributed by atoms with E-state index in [0.717, 1.165) is 0 Å². The molecule has 1 heterocycles. The van der Waals surface area contributed by atoms with Crippen LogP contribution in [0.25, 0.3) is 0 Å². The maximum absolute atomic E-state index is 11.5. The van der Waals surface area contributed by atoms with Gasteiger partial charge in [-0.1, -0.05) is 25.4 Å². The van der Waals surface area contributed by atoms with Crippen molar-refractivity contribution in [2.75, 3.05) is 25.5 Å². The van der Waals surface area contributed by atoms with Crippen molar-refractivity contribution in [3.05, 3.63) is 17.0 Å². The van der Waals surface area contributed by atoms with Gasteiger partial charge in [0.2, 0.25) is 5.91 Å². The Kier molecular flexibility index (Phi) is 6.52. The largest absolute Gasteiger partial charge is 0.377 e. The highest BCUT2D eigenvalue weighted by Crippen LogP contribution is 2.11. The molecule has 0 saturated heterocycles. The van der Waals surface area contributed by atoms with Gasteiger partial charge in [0.1, 0.15) is 17.6 Å². The van der Waals surface area contributed by atoms with E-state index in [1.165, 1.54) is 0 Å².